The molecule has 0 aliphatic rings. The van der Waals surface area contributed by atoms with E-state index in [0.717, 1.165) is 11.1 Å². The molecule has 0 aliphatic heterocycles. The predicted molar refractivity (Wildman–Crippen MR) is 121 cm³/mol. The molecular formula is C22H18N6O2S. The predicted octanol–water partition coefficient (Wildman–Crippen LogP) is 2.84. The van der Waals surface area contributed by atoms with Crippen LogP contribution in [-0.2, 0) is 12.3 Å². The number of allylic oxidation sites excluding steroid dienone is 1. The molecule has 154 valence electrons. The fourth-order valence-electron chi connectivity index (χ4n) is 3.64. The van der Waals surface area contributed by atoms with Crippen molar-refractivity contribution in [1.82, 2.24) is 28.5 Å². The minimum atomic E-state index is -0.133. The van der Waals surface area contributed by atoms with E-state index in [1.807, 2.05) is 41.7 Å². The molecule has 4 heterocycles. The largest absolute Gasteiger partial charge is 0.272 e. The zero-order chi connectivity index (χ0) is 21.5. The number of hydrogen-bond donors (Lipinski definition) is 0. The molecule has 0 atom stereocenters. The zero-order valence-electron chi connectivity index (χ0n) is 16.7. The van der Waals surface area contributed by atoms with Crippen molar-refractivity contribution in [2.75, 3.05) is 0 Å². The molecule has 5 rings (SSSR count). The molecule has 0 saturated carbocycles. The van der Waals surface area contributed by atoms with E-state index in [-0.39, 0.29) is 11.1 Å². The van der Waals surface area contributed by atoms with Gasteiger partial charge in [0.05, 0.1) is 16.6 Å². The number of fused-ring (bicyclic) bond motifs is 4. The van der Waals surface area contributed by atoms with Crippen LogP contribution in [0.5, 0.6) is 0 Å². The Labute approximate surface area is 180 Å². The van der Waals surface area contributed by atoms with Crippen LogP contribution in [0.15, 0.2) is 76.1 Å². The lowest BCUT2D eigenvalue weighted by atomic mass is 10.2. The van der Waals surface area contributed by atoms with Crippen LogP contribution in [0.3, 0.4) is 0 Å². The Bertz CT molecular complexity index is 1600. The van der Waals surface area contributed by atoms with Crippen molar-refractivity contribution in [2.45, 2.75) is 24.4 Å². The first-order valence-corrected chi connectivity index (χ1v) is 10.7. The Morgan fingerprint density at radius 2 is 1.97 bits per heavy atom. The molecule has 0 bridgehead atoms. The second-order valence-corrected chi connectivity index (χ2v) is 8.04. The topological polar surface area (TPSA) is 86.6 Å². The number of rotatable bonds is 5. The highest BCUT2D eigenvalue weighted by molar-refractivity contribution is 7.98. The van der Waals surface area contributed by atoms with Crippen LogP contribution < -0.4 is 11.1 Å². The summed E-state index contributed by atoms with van der Waals surface area (Å²) in [6.45, 7) is 6.00. The van der Waals surface area contributed by atoms with Gasteiger partial charge < -0.3 is 0 Å². The Kier molecular flexibility index (Phi) is 4.67. The first-order chi connectivity index (χ1) is 15.1. The summed E-state index contributed by atoms with van der Waals surface area (Å²) in [4.78, 5) is 30.0. The van der Waals surface area contributed by atoms with E-state index < -0.39 is 0 Å². The maximum atomic E-state index is 12.9. The molecule has 9 heteroatoms. The van der Waals surface area contributed by atoms with Gasteiger partial charge in [-0.15, -0.1) is 16.8 Å². The van der Waals surface area contributed by atoms with Gasteiger partial charge in [-0.1, -0.05) is 36.0 Å². The molecule has 0 amide bonds. The molecule has 0 spiro atoms. The Morgan fingerprint density at radius 1 is 1.13 bits per heavy atom. The molecular weight excluding hydrogens is 412 g/mol. The monoisotopic (exact) mass is 430 g/mol. The van der Waals surface area contributed by atoms with Gasteiger partial charge in [0.1, 0.15) is 5.65 Å². The summed E-state index contributed by atoms with van der Waals surface area (Å²) in [7, 11) is 0. The molecule has 1 aromatic carbocycles. The summed E-state index contributed by atoms with van der Waals surface area (Å²) in [6, 6.07) is 12.7. The van der Waals surface area contributed by atoms with Gasteiger partial charge in [0.2, 0.25) is 5.78 Å². The lowest BCUT2D eigenvalue weighted by Crippen LogP contribution is -2.22. The number of hydrogen-bond acceptors (Lipinski definition) is 6. The first-order valence-electron chi connectivity index (χ1n) is 9.67. The van der Waals surface area contributed by atoms with Crippen molar-refractivity contribution < 1.29 is 0 Å². The molecule has 0 unspecified atom stereocenters. The number of benzene rings is 1. The van der Waals surface area contributed by atoms with Crippen LogP contribution in [0, 0.1) is 6.92 Å². The molecule has 5 aromatic rings. The van der Waals surface area contributed by atoms with Gasteiger partial charge in [0, 0.05) is 24.6 Å². The van der Waals surface area contributed by atoms with E-state index in [9.17, 15) is 9.59 Å². The molecule has 0 saturated heterocycles. The maximum Gasteiger partial charge on any atom is 0.263 e. The normalized spacial score (nSPS) is 11.5. The number of para-hydroxylation sites is 1. The van der Waals surface area contributed by atoms with Gasteiger partial charge >= 0.3 is 0 Å². The minimum absolute atomic E-state index is 0.124. The van der Waals surface area contributed by atoms with Crippen molar-refractivity contribution in [3.8, 4) is 0 Å². The number of thioether (sulfide) groups is 1. The zero-order valence-corrected chi connectivity index (χ0v) is 17.5. The van der Waals surface area contributed by atoms with Crippen LogP contribution in [0.2, 0.25) is 0 Å². The third-order valence-corrected chi connectivity index (χ3v) is 6.04. The maximum absolute atomic E-state index is 12.9. The van der Waals surface area contributed by atoms with E-state index in [1.165, 1.54) is 22.2 Å². The van der Waals surface area contributed by atoms with Crippen LogP contribution in [0.4, 0.5) is 0 Å². The summed E-state index contributed by atoms with van der Waals surface area (Å²) in [5, 5.41) is 9.78. The smallest absolute Gasteiger partial charge is 0.263 e. The van der Waals surface area contributed by atoms with Crippen molar-refractivity contribution in [3.63, 3.8) is 0 Å². The summed E-state index contributed by atoms with van der Waals surface area (Å²) >= 11 is 1.42. The number of nitrogens with zero attached hydrogens (tertiary/aromatic N) is 6. The van der Waals surface area contributed by atoms with Crippen LogP contribution in [0.25, 0.3) is 22.3 Å². The van der Waals surface area contributed by atoms with Crippen molar-refractivity contribution in [1.29, 1.82) is 0 Å². The van der Waals surface area contributed by atoms with E-state index in [0.29, 0.717) is 40.0 Å². The number of aryl methyl sites for hydroxylation is 1. The van der Waals surface area contributed by atoms with Gasteiger partial charge in [0.25, 0.3) is 11.1 Å². The molecule has 8 nitrogen and oxygen atoms in total. The minimum Gasteiger partial charge on any atom is -0.272 e. The van der Waals surface area contributed by atoms with E-state index in [4.69, 9.17) is 0 Å². The third-order valence-electron chi connectivity index (χ3n) is 5.08. The summed E-state index contributed by atoms with van der Waals surface area (Å²) in [5.74, 6) is 0.893. The lowest BCUT2D eigenvalue weighted by Gasteiger charge is -2.09. The molecule has 0 fully saturated rings. The van der Waals surface area contributed by atoms with E-state index in [2.05, 4.69) is 21.8 Å². The van der Waals surface area contributed by atoms with Gasteiger partial charge in [-0.25, -0.2) is 4.98 Å². The Morgan fingerprint density at radius 3 is 2.81 bits per heavy atom. The second kappa shape index (κ2) is 7.51. The average molecular weight is 430 g/mol. The van der Waals surface area contributed by atoms with Crippen LogP contribution in [-0.4, -0.2) is 28.5 Å². The molecule has 0 aliphatic carbocycles. The highest BCUT2D eigenvalue weighted by Crippen LogP contribution is 2.24. The van der Waals surface area contributed by atoms with Crippen molar-refractivity contribution in [3.05, 3.63) is 93.3 Å². The quantitative estimate of drug-likeness (QED) is 0.315. The molecule has 0 radical (unpaired) electrons. The summed E-state index contributed by atoms with van der Waals surface area (Å²) < 4.78 is 4.96. The highest BCUT2D eigenvalue weighted by Gasteiger charge is 2.16. The average Bonchev–Trinajstić information content (AvgIpc) is 3.20. The fraction of sp³-hybridized carbons (Fsp3) is 0.136. The van der Waals surface area contributed by atoms with Gasteiger partial charge in [-0.05, 0) is 30.7 Å². The van der Waals surface area contributed by atoms with Crippen molar-refractivity contribution in [2.24, 2.45) is 0 Å². The van der Waals surface area contributed by atoms with Crippen LogP contribution in [0.1, 0.15) is 11.3 Å². The summed E-state index contributed by atoms with van der Waals surface area (Å²) in [5.41, 5.74) is 2.70. The van der Waals surface area contributed by atoms with Gasteiger partial charge in [-0.3, -0.25) is 23.0 Å². The lowest BCUT2D eigenvalue weighted by molar-refractivity contribution is 0.783. The first kappa shape index (κ1) is 19.3. The summed E-state index contributed by atoms with van der Waals surface area (Å²) in [6.07, 6.45) is 3.37. The second-order valence-electron chi connectivity index (χ2n) is 7.10. The van der Waals surface area contributed by atoms with E-state index >= 15 is 0 Å². The number of aromatic nitrogens is 6. The third kappa shape index (κ3) is 3.14. The molecule has 31 heavy (non-hydrogen) atoms. The molecule has 4 aromatic heterocycles. The Balaban J connectivity index is 1.62. The van der Waals surface area contributed by atoms with Gasteiger partial charge in [0.15, 0.2) is 5.16 Å². The Hall–Kier alpha value is -3.72. The van der Waals surface area contributed by atoms with Crippen LogP contribution >= 0.6 is 11.8 Å². The fourth-order valence-corrected chi connectivity index (χ4v) is 4.47. The highest BCUT2D eigenvalue weighted by atomic mass is 32.2. The van der Waals surface area contributed by atoms with Crippen molar-refractivity contribution >= 4 is 34.1 Å². The number of pyridine rings is 1. The standard InChI is InChI=1S/C22H18N6O2S/c1-3-10-27-20(30)16-8-4-5-9-17(16)28-21(27)24-25-22(28)31-13-15-12-18(29)26-11-6-7-14(2)19(26)23-15/h3-9,11-12H,1,10,13H2,2H3. The van der Waals surface area contributed by atoms with E-state index in [1.54, 1.807) is 22.9 Å². The molecule has 0 N–H and O–H groups in total. The van der Waals surface area contributed by atoms with Gasteiger partial charge in [-0.2, -0.15) is 0 Å². The SMILES string of the molecule is C=CCn1c(=O)c2ccccc2n2c(SCc3cc(=O)n4cccc(C)c4n3)nnc12.